The molecule has 0 bridgehead atoms. The molecule has 60 valence electrons. The van der Waals surface area contributed by atoms with Gasteiger partial charge >= 0.3 is 6.09 Å². The van der Waals surface area contributed by atoms with E-state index in [-0.39, 0.29) is 13.2 Å². The third-order valence-corrected chi connectivity index (χ3v) is 0.786. The molecule has 0 aromatic heterocycles. The lowest BCUT2D eigenvalue weighted by Crippen LogP contribution is -2.33. The van der Waals surface area contributed by atoms with Crippen molar-refractivity contribution < 1.29 is 19.7 Å². The Bertz CT molecular complexity index is 106. The van der Waals surface area contributed by atoms with Crippen LogP contribution in [-0.2, 0) is 4.74 Å². The van der Waals surface area contributed by atoms with Crippen molar-refractivity contribution in [2.45, 2.75) is 13.2 Å². The summed E-state index contributed by atoms with van der Waals surface area (Å²) in [4.78, 5) is 9.92. The van der Waals surface area contributed by atoms with E-state index in [9.17, 15) is 4.79 Å². The van der Waals surface area contributed by atoms with Gasteiger partial charge in [-0.25, -0.2) is 4.79 Å². The normalized spacial score (nSPS) is 12.6. The van der Waals surface area contributed by atoms with Gasteiger partial charge in [0.2, 0.25) is 0 Å². The van der Waals surface area contributed by atoms with Crippen LogP contribution >= 0.6 is 0 Å². The molecule has 5 heteroatoms. The maximum Gasteiger partial charge on any atom is 0.406 e. The predicted molar refractivity (Wildman–Crippen MR) is 33.7 cm³/mol. The number of carbonyl (C=O) groups is 1. The summed E-state index contributed by atoms with van der Waals surface area (Å²) in [6, 6.07) is 0. The van der Waals surface area contributed by atoms with Gasteiger partial charge in [0.25, 0.3) is 0 Å². The van der Waals surface area contributed by atoms with E-state index in [1.54, 1.807) is 6.92 Å². The van der Waals surface area contributed by atoms with Gasteiger partial charge in [-0.2, -0.15) is 0 Å². The Labute approximate surface area is 58.6 Å². The van der Waals surface area contributed by atoms with Crippen molar-refractivity contribution in [1.82, 2.24) is 5.32 Å². The summed E-state index contributed by atoms with van der Waals surface area (Å²) in [7, 11) is 0. The summed E-state index contributed by atoms with van der Waals surface area (Å²) in [6.45, 7) is 1.58. The minimum Gasteiger partial charge on any atom is -0.465 e. The van der Waals surface area contributed by atoms with Gasteiger partial charge in [-0.05, 0) is 6.92 Å². The number of hydrogen-bond acceptors (Lipinski definition) is 3. The highest BCUT2D eigenvalue weighted by molar-refractivity contribution is 5.64. The molecule has 0 aromatic rings. The molecule has 0 rings (SSSR count). The Balaban J connectivity index is 3.25. The van der Waals surface area contributed by atoms with Crippen molar-refractivity contribution in [3.8, 4) is 0 Å². The second-order valence-corrected chi connectivity index (χ2v) is 1.69. The Hall–Kier alpha value is -0.810. The van der Waals surface area contributed by atoms with E-state index < -0.39 is 12.3 Å². The van der Waals surface area contributed by atoms with Crippen molar-refractivity contribution in [3.05, 3.63) is 0 Å². The van der Waals surface area contributed by atoms with Crippen LogP contribution in [-0.4, -0.2) is 35.7 Å². The molecule has 0 saturated heterocycles. The fourth-order valence-corrected chi connectivity index (χ4v) is 0.445. The molecule has 0 fully saturated rings. The molecule has 0 aliphatic rings. The van der Waals surface area contributed by atoms with Gasteiger partial charge in [-0.1, -0.05) is 0 Å². The molecule has 10 heavy (non-hydrogen) atoms. The average Bonchev–Trinajstić information content (AvgIpc) is 1.82. The van der Waals surface area contributed by atoms with Crippen LogP contribution in [0.1, 0.15) is 6.92 Å². The Morgan fingerprint density at radius 3 is 2.80 bits per heavy atom. The smallest absolute Gasteiger partial charge is 0.406 e. The second kappa shape index (κ2) is 5.01. The van der Waals surface area contributed by atoms with Crippen molar-refractivity contribution in [2.24, 2.45) is 0 Å². The summed E-state index contributed by atoms with van der Waals surface area (Å²) >= 11 is 0. The maximum atomic E-state index is 9.92. The van der Waals surface area contributed by atoms with Crippen LogP contribution in [0.25, 0.3) is 0 Å². The molecular formula is C5H11NO4. The predicted octanol–water partition coefficient (Wildman–Crippen LogP) is -0.391. The SMILES string of the molecule is CC(NC(=O)O)OCCO. The molecule has 0 aliphatic heterocycles. The number of ether oxygens (including phenoxy) is 1. The monoisotopic (exact) mass is 149 g/mol. The van der Waals surface area contributed by atoms with Crippen molar-refractivity contribution in [2.75, 3.05) is 13.2 Å². The molecule has 1 unspecified atom stereocenters. The highest BCUT2D eigenvalue weighted by Crippen LogP contribution is 1.83. The van der Waals surface area contributed by atoms with Gasteiger partial charge in [0.15, 0.2) is 0 Å². The van der Waals surface area contributed by atoms with Crippen LogP contribution in [0.3, 0.4) is 0 Å². The molecule has 1 amide bonds. The minimum absolute atomic E-state index is 0.106. The van der Waals surface area contributed by atoms with Gasteiger partial charge in [0.1, 0.15) is 6.23 Å². The fourth-order valence-electron chi connectivity index (χ4n) is 0.445. The van der Waals surface area contributed by atoms with Crippen LogP contribution in [0.15, 0.2) is 0 Å². The quantitative estimate of drug-likeness (QED) is 0.475. The number of hydrogen-bond donors (Lipinski definition) is 3. The summed E-state index contributed by atoms with van der Waals surface area (Å²) < 4.78 is 4.76. The molecule has 1 atom stereocenters. The van der Waals surface area contributed by atoms with Crippen LogP contribution in [0.5, 0.6) is 0 Å². The molecular weight excluding hydrogens is 138 g/mol. The molecule has 5 nitrogen and oxygen atoms in total. The average molecular weight is 149 g/mol. The minimum atomic E-state index is -1.13. The van der Waals surface area contributed by atoms with Crippen molar-refractivity contribution >= 4 is 6.09 Å². The number of carboxylic acid groups (broad SMARTS) is 1. The van der Waals surface area contributed by atoms with Gasteiger partial charge < -0.3 is 14.9 Å². The first-order valence-electron chi connectivity index (χ1n) is 2.88. The van der Waals surface area contributed by atoms with E-state index >= 15 is 0 Å². The lowest BCUT2D eigenvalue weighted by molar-refractivity contribution is 0.0221. The molecule has 3 N–H and O–H groups in total. The van der Waals surface area contributed by atoms with Crippen LogP contribution < -0.4 is 5.32 Å². The summed E-state index contributed by atoms with van der Waals surface area (Å²) in [5, 5.41) is 18.4. The maximum absolute atomic E-state index is 9.92. The van der Waals surface area contributed by atoms with Crippen LogP contribution in [0.2, 0.25) is 0 Å². The highest BCUT2D eigenvalue weighted by Gasteiger charge is 2.02. The fraction of sp³-hybridized carbons (Fsp3) is 0.800. The van der Waals surface area contributed by atoms with Gasteiger partial charge in [-0.3, -0.25) is 5.32 Å². The molecule has 0 saturated carbocycles. The van der Waals surface area contributed by atoms with E-state index in [4.69, 9.17) is 14.9 Å². The third kappa shape index (κ3) is 5.33. The summed E-state index contributed by atoms with van der Waals surface area (Å²) in [5.74, 6) is 0. The standard InChI is InChI=1S/C5H11NO4/c1-4(6-5(8)9)10-3-2-7/h4,6-7H,2-3H2,1H3,(H,8,9). The van der Waals surface area contributed by atoms with Crippen molar-refractivity contribution in [1.29, 1.82) is 0 Å². The molecule has 0 heterocycles. The molecule has 0 aliphatic carbocycles. The first kappa shape index (κ1) is 9.19. The summed E-state index contributed by atoms with van der Waals surface area (Å²) in [5.41, 5.74) is 0. The lowest BCUT2D eigenvalue weighted by Gasteiger charge is -2.10. The van der Waals surface area contributed by atoms with E-state index in [0.717, 1.165) is 0 Å². The topological polar surface area (TPSA) is 78.8 Å². The van der Waals surface area contributed by atoms with E-state index in [1.807, 2.05) is 0 Å². The first-order valence-corrected chi connectivity index (χ1v) is 2.88. The number of aliphatic hydroxyl groups excluding tert-OH is 1. The molecule has 0 spiro atoms. The van der Waals surface area contributed by atoms with Crippen molar-refractivity contribution in [3.63, 3.8) is 0 Å². The Morgan fingerprint density at radius 2 is 2.40 bits per heavy atom. The highest BCUT2D eigenvalue weighted by atomic mass is 16.5. The van der Waals surface area contributed by atoms with Gasteiger partial charge in [0.05, 0.1) is 13.2 Å². The zero-order valence-corrected chi connectivity index (χ0v) is 5.70. The zero-order chi connectivity index (χ0) is 7.98. The second-order valence-electron chi connectivity index (χ2n) is 1.69. The number of rotatable bonds is 4. The zero-order valence-electron chi connectivity index (χ0n) is 5.70. The number of nitrogens with one attached hydrogen (secondary N) is 1. The van der Waals surface area contributed by atoms with Crippen LogP contribution in [0, 0.1) is 0 Å². The Morgan fingerprint density at radius 1 is 1.80 bits per heavy atom. The third-order valence-electron chi connectivity index (χ3n) is 0.786. The summed E-state index contributed by atoms with van der Waals surface area (Å²) in [6.07, 6.45) is -1.70. The molecule has 0 aromatic carbocycles. The largest absolute Gasteiger partial charge is 0.465 e. The number of aliphatic hydroxyl groups is 1. The van der Waals surface area contributed by atoms with E-state index in [1.165, 1.54) is 0 Å². The molecule has 0 radical (unpaired) electrons. The Kier molecular flexibility index (Phi) is 4.61. The van der Waals surface area contributed by atoms with E-state index in [0.29, 0.717) is 0 Å². The lowest BCUT2D eigenvalue weighted by atomic mass is 10.6. The number of amides is 1. The van der Waals surface area contributed by atoms with E-state index in [2.05, 4.69) is 5.32 Å². The van der Waals surface area contributed by atoms with Gasteiger partial charge in [0, 0.05) is 0 Å². The van der Waals surface area contributed by atoms with Crippen LogP contribution in [0.4, 0.5) is 4.79 Å². The van der Waals surface area contributed by atoms with Gasteiger partial charge in [-0.15, -0.1) is 0 Å². The first-order chi connectivity index (χ1) is 4.66.